The van der Waals surface area contributed by atoms with Crippen molar-refractivity contribution in [1.82, 2.24) is 9.97 Å². The summed E-state index contributed by atoms with van der Waals surface area (Å²) in [5.74, 6) is 0.367. The molecule has 1 atom stereocenters. The fourth-order valence-electron chi connectivity index (χ4n) is 3.15. The highest BCUT2D eigenvalue weighted by Gasteiger charge is 2.21. The van der Waals surface area contributed by atoms with Gasteiger partial charge in [0.05, 0.1) is 26.0 Å². The summed E-state index contributed by atoms with van der Waals surface area (Å²) in [6.45, 7) is 1.08. The van der Waals surface area contributed by atoms with Crippen molar-refractivity contribution in [2.24, 2.45) is 0 Å². The maximum atomic E-state index is 11.8. The molecule has 4 rings (SSSR count). The molecule has 8 heteroatoms. The standard InChI is InChI=1S/C22H21N3O5/c1-28-16-4-2-3-15(12-16)24-22-23-9-7-19(25-22)14-5-6-20(18(11-14)21(26)27)30-17-8-10-29-13-17/h2-7,9,11-12,17H,8,10,13H2,1H3,(H,26,27)(H,23,24,25)/t17-/m0/s1. The van der Waals surface area contributed by atoms with E-state index in [1.54, 1.807) is 37.6 Å². The molecule has 0 radical (unpaired) electrons. The Labute approximate surface area is 173 Å². The summed E-state index contributed by atoms with van der Waals surface area (Å²) in [5, 5.41) is 12.8. The molecule has 0 unspecified atom stereocenters. The van der Waals surface area contributed by atoms with Crippen LogP contribution in [0, 0.1) is 0 Å². The summed E-state index contributed by atoms with van der Waals surface area (Å²) in [6.07, 6.45) is 2.23. The molecule has 0 aliphatic carbocycles. The second kappa shape index (κ2) is 8.79. The molecule has 1 saturated heterocycles. The van der Waals surface area contributed by atoms with Crippen molar-refractivity contribution in [2.45, 2.75) is 12.5 Å². The molecular formula is C22H21N3O5. The molecule has 3 aromatic rings. The first kappa shape index (κ1) is 19.7. The average molecular weight is 407 g/mol. The van der Waals surface area contributed by atoms with Gasteiger partial charge in [0.15, 0.2) is 0 Å². The van der Waals surface area contributed by atoms with Crippen LogP contribution in [0.15, 0.2) is 54.7 Å². The number of hydrogen-bond donors (Lipinski definition) is 2. The lowest BCUT2D eigenvalue weighted by Gasteiger charge is -2.15. The molecule has 1 fully saturated rings. The minimum atomic E-state index is -1.06. The van der Waals surface area contributed by atoms with E-state index >= 15 is 0 Å². The zero-order valence-corrected chi connectivity index (χ0v) is 16.4. The van der Waals surface area contributed by atoms with Gasteiger partial charge in [-0.25, -0.2) is 14.8 Å². The van der Waals surface area contributed by atoms with E-state index in [-0.39, 0.29) is 11.7 Å². The van der Waals surface area contributed by atoms with Crippen molar-refractivity contribution >= 4 is 17.6 Å². The van der Waals surface area contributed by atoms with Gasteiger partial charge in [0.2, 0.25) is 5.95 Å². The van der Waals surface area contributed by atoms with Gasteiger partial charge in [0, 0.05) is 29.9 Å². The van der Waals surface area contributed by atoms with Crippen LogP contribution in [0.2, 0.25) is 0 Å². The van der Waals surface area contributed by atoms with Crippen molar-refractivity contribution in [3.05, 3.63) is 60.3 Å². The average Bonchev–Trinajstić information content (AvgIpc) is 3.27. The van der Waals surface area contributed by atoms with Gasteiger partial charge in [0.1, 0.15) is 23.2 Å². The second-order valence-electron chi connectivity index (χ2n) is 6.74. The Kier molecular flexibility index (Phi) is 5.76. The molecular weight excluding hydrogens is 386 g/mol. The van der Waals surface area contributed by atoms with Crippen molar-refractivity contribution < 1.29 is 24.1 Å². The molecule has 2 aromatic carbocycles. The number of anilines is 2. The molecule has 1 aliphatic heterocycles. The molecule has 1 aliphatic rings. The van der Waals surface area contributed by atoms with Gasteiger partial charge in [-0.05, 0) is 36.4 Å². The SMILES string of the molecule is COc1cccc(Nc2nccc(-c3ccc(O[C@H]4CCOC4)c(C(=O)O)c3)n2)c1. The Bertz CT molecular complexity index is 1050. The lowest BCUT2D eigenvalue weighted by Crippen LogP contribution is -2.17. The van der Waals surface area contributed by atoms with Crippen molar-refractivity contribution in [3.63, 3.8) is 0 Å². The van der Waals surface area contributed by atoms with E-state index in [0.717, 1.165) is 12.1 Å². The number of aromatic carboxylic acids is 1. The Morgan fingerprint density at radius 2 is 2.13 bits per heavy atom. The Morgan fingerprint density at radius 3 is 2.90 bits per heavy atom. The van der Waals surface area contributed by atoms with Crippen LogP contribution >= 0.6 is 0 Å². The molecule has 0 bridgehead atoms. The zero-order valence-electron chi connectivity index (χ0n) is 16.4. The lowest BCUT2D eigenvalue weighted by molar-refractivity contribution is 0.0687. The van der Waals surface area contributed by atoms with Crippen LogP contribution in [0.1, 0.15) is 16.8 Å². The number of benzene rings is 2. The van der Waals surface area contributed by atoms with E-state index < -0.39 is 5.97 Å². The Morgan fingerprint density at radius 1 is 1.23 bits per heavy atom. The van der Waals surface area contributed by atoms with Gasteiger partial charge in [-0.1, -0.05) is 6.07 Å². The number of nitrogens with zero attached hydrogens (tertiary/aromatic N) is 2. The summed E-state index contributed by atoms with van der Waals surface area (Å²) >= 11 is 0. The summed E-state index contributed by atoms with van der Waals surface area (Å²) < 4.78 is 16.3. The minimum Gasteiger partial charge on any atom is -0.497 e. The molecule has 2 N–H and O–H groups in total. The third-order valence-electron chi connectivity index (χ3n) is 4.67. The van der Waals surface area contributed by atoms with E-state index in [4.69, 9.17) is 14.2 Å². The van der Waals surface area contributed by atoms with Crippen LogP contribution in [0.25, 0.3) is 11.3 Å². The highest BCUT2D eigenvalue weighted by molar-refractivity contribution is 5.92. The highest BCUT2D eigenvalue weighted by atomic mass is 16.5. The van der Waals surface area contributed by atoms with Crippen LogP contribution in [-0.4, -0.2) is 47.5 Å². The van der Waals surface area contributed by atoms with Gasteiger partial charge in [-0.2, -0.15) is 0 Å². The molecule has 30 heavy (non-hydrogen) atoms. The number of nitrogens with one attached hydrogen (secondary N) is 1. The first-order valence-corrected chi connectivity index (χ1v) is 9.48. The number of carboxylic acid groups (broad SMARTS) is 1. The lowest BCUT2D eigenvalue weighted by atomic mass is 10.1. The summed E-state index contributed by atoms with van der Waals surface area (Å²) in [7, 11) is 1.60. The van der Waals surface area contributed by atoms with Gasteiger partial charge in [-0.15, -0.1) is 0 Å². The molecule has 0 amide bonds. The molecule has 1 aromatic heterocycles. The quantitative estimate of drug-likeness (QED) is 0.610. The van der Waals surface area contributed by atoms with E-state index in [2.05, 4.69) is 15.3 Å². The number of rotatable bonds is 7. The van der Waals surface area contributed by atoms with Crippen LogP contribution in [0.4, 0.5) is 11.6 Å². The number of carbonyl (C=O) groups is 1. The predicted molar refractivity (Wildman–Crippen MR) is 111 cm³/mol. The monoisotopic (exact) mass is 407 g/mol. The summed E-state index contributed by atoms with van der Waals surface area (Å²) in [4.78, 5) is 20.5. The first-order chi connectivity index (χ1) is 14.6. The van der Waals surface area contributed by atoms with Crippen LogP contribution in [0.5, 0.6) is 11.5 Å². The normalized spacial score (nSPS) is 15.6. The number of aromatic nitrogens is 2. The van der Waals surface area contributed by atoms with Crippen LogP contribution in [-0.2, 0) is 4.74 Å². The summed E-state index contributed by atoms with van der Waals surface area (Å²) in [5.41, 5.74) is 2.10. The van der Waals surface area contributed by atoms with E-state index in [1.165, 1.54) is 0 Å². The fraction of sp³-hybridized carbons (Fsp3) is 0.227. The second-order valence-corrected chi connectivity index (χ2v) is 6.74. The maximum absolute atomic E-state index is 11.8. The number of carboxylic acids is 1. The molecule has 0 saturated carbocycles. The molecule has 8 nitrogen and oxygen atoms in total. The van der Waals surface area contributed by atoms with E-state index in [9.17, 15) is 9.90 Å². The van der Waals surface area contributed by atoms with Crippen LogP contribution in [0.3, 0.4) is 0 Å². The number of ether oxygens (including phenoxy) is 3. The van der Waals surface area contributed by atoms with Crippen molar-refractivity contribution in [2.75, 3.05) is 25.6 Å². The Hall–Kier alpha value is -3.65. The summed E-state index contributed by atoms with van der Waals surface area (Å²) in [6, 6.07) is 14.1. The third-order valence-corrected chi connectivity index (χ3v) is 4.67. The van der Waals surface area contributed by atoms with Crippen LogP contribution < -0.4 is 14.8 Å². The molecule has 2 heterocycles. The predicted octanol–water partition coefficient (Wildman–Crippen LogP) is 3.76. The van der Waals surface area contributed by atoms with Gasteiger partial charge < -0.3 is 24.6 Å². The smallest absolute Gasteiger partial charge is 0.339 e. The van der Waals surface area contributed by atoms with Gasteiger partial charge in [-0.3, -0.25) is 0 Å². The largest absolute Gasteiger partial charge is 0.497 e. The van der Waals surface area contributed by atoms with Gasteiger partial charge >= 0.3 is 5.97 Å². The topological polar surface area (TPSA) is 103 Å². The minimum absolute atomic E-state index is 0.0836. The Balaban J connectivity index is 1.59. The van der Waals surface area contributed by atoms with Crippen molar-refractivity contribution in [3.8, 4) is 22.8 Å². The molecule has 154 valence electrons. The number of methoxy groups -OCH3 is 1. The van der Waals surface area contributed by atoms with Gasteiger partial charge in [0.25, 0.3) is 0 Å². The highest BCUT2D eigenvalue weighted by Crippen LogP contribution is 2.28. The first-order valence-electron chi connectivity index (χ1n) is 9.48. The third kappa shape index (κ3) is 4.49. The molecule has 0 spiro atoms. The maximum Gasteiger partial charge on any atom is 0.339 e. The fourth-order valence-corrected chi connectivity index (χ4v) is 3.15. The number of hydrogen-bond acceptors (Lipinski definition) is 7. The van der Waals surface area contributed by atoms with Crippen molar-refractivity contribution in [1.29, 1.82) is 0 Å². The zero-order chi connectivity index (χ0) is 20.9. The van der Waals surface area contributed by atoms with E-state index in [1.807, 2.05) is 24.3 Å². The van der Waals surface area contributed by atoms with E-state index in [0.29, 0.717) is 41.9 Å².